The molecule has 3 aromatic carbocycles. The van der Waals surface area contributed by atoms with Crippen molar-refractivity contribution in [3.8, 4) is 34.0 Å². The average Bonchev–Trinajstić information content (AvgIpc) is 3.39. The van der Waals surface area contributed by atoms with Gasteiger partial charge in [0.1, 0.15) is 17.0 Å². The summed E-state index contributed by atoms with van der Waals surface area (Å²) in [5, 5.41) is 3.87. The Morgan fingerprint density at radius 3 is 2.21 bits per heavy atom. The molecule has 6 nitrogen and oxygen atoms in total. The quantitative estimate of drug-likeness (QED) is 0.162. The lowest BCUT2D eigenvalue weighted by atomic mass is 9.94. The Kier molecular flexibility index (Phi) is 8.33. The fourth-order valence-corrected chi connectivity index (χ4v) is 4.31. The molecule has 0 saturated carbocycles. The number of aromatic nitrogens is 2. The van der Waals surface area contributed by atoms with Gasteiger partial charge in [-0.05, 0) is 83.5 Å². The second-order valence-corrected chi connectivity index (χ2v) is 11.7. The molecule has 0 bridgehead atoms. The third kappa shape index (κ3) is 6.70. The number of alkyl halides is 3. The maximum Gasteiger partial charge on any atom is 0.417 e. The van der Waals surface area contributed by atoms with Gasteiger partial charge in [-0.1, -0.05) is 47.6 Å². The van der Waals surface area contributed by atoms with E-state index in [1.54, 1.807) is 89.9 Å². The van der Waals surface area contributed by atoms with E-state index >= 15 is 4.39 Å². The third-order valence-electron chi connectivity index (χ3n) is 7.00. The predicted molar refractivity (Wildman–Crippen MR) is 152 cm³/mol. The molecule has 0 aliphatic rings. The van der Waals surface area contributed by atoms with Gasteiger partial charge in [0.2, 0.25) is 5.82 Å². The van der Waals surface area contributed by atoms with Crippen LogP contribution in [0.3, 0.4) is 0 Å². The summed E-state index contributed by atoms with van der Waals surface area (Å²) in [5.41, 5.74) is -0.602. The molecule has 0 fully saturated rings. The Labute approximate surface area is 242 Å². The van der Waals surface area contributed by atoms with Crippen LogP contribution in [-0.4, -0.2) is 39.2 Å². The van der Waals surface area contributed by atoms with Crippen LogP contribution in [0.25, 0.3) is 34.0 Å². The normalized spacial score (nSPS) is 12.6. The second-order valence-electron chi connectivity index (χ2n) is 11.7. The molecule has 4 rings (SSSR count). The minimum atomic E-state index is -4.62. The molecule has 0 atom stereocenters. The van der Waals surface area contributed by atoms with E-state index in [2.05, 4.69) is 10.1 Å². The van der Waals surface area contributed by atoms with Crippen LogP contribution >= 0.6 is 0 Å². The third-order valence-corrected chi connectivity index (χ3v) is 7.00. The van der Waals surface area contributed by atoms with Crippen LogP contribution in [0.1, 0.15) is 51.3 Å². The van der Waals surface area contributed by atoms with Crippen LogP contribution in [0.5, 0.6) is 0 Å². The first kappa shape index (κ1) is 30.9. The van der Waals surface area contributed by atoms with Gasteiger partial charge in [0.15, 0.2) is 0 Å². The Morgan fingerprint density at radius 1 is 0.929 bits per heavy atom. The van der Waals surface area contributed by atoms with E-state index in [1.807, 2.05) is 0 Å². The number of likely N-dealkylation sites (N-methyl/N-ethyl adjacent to an activating group) is 1. The predicted octanol–water partition coefficient (Wildman–Crippen LogP) is 8.09. The lowest BCUT2D eigenvalue weighted by Crippen LogP contribution is -2.50. The standard InChI is InChI=1S/C32H33F4N3O3/c1-19-10-8-9-11-23(19)24-15-14-21(16-25(24)32(34,35)36)28-37-27(38-42-28)20-12-13-22(26(33)17-20)18-39(7)31(5,6)29(40)41-30(2,3)4/h8-17H,18H2,1-7H3. The summed E-state index contributed by atoms with van der Waals surface area (Å²) >= 11 is 0. The van der Waals surface area contributed by atoms with Gasteiger partial charge in [0, 0.05) is 23.2 Å². The van der Waals surface area contributed by atoms with E-state index in [-0.39, 0.29) is 35.0 Å². The second kappa shape index (κ2) is 11.3. The van der Waals surface area contributed by atoms with E-state index in [0.29, 0.717) is 16.7 Å². The minimum absolute atomic E-state index is 0.0226. The van der Waals surface area contributed by atoms with Crippen molar-refractivity contribution in [3.05, 3.63) is 83.2 Å². The zero-order chi connectivity index (χ0) is 31.0. The van der Waals surface area contributed by atoms with E-state index in [9.17, 15) is 18.0 Å². The number of esters is 1. The summed E-state index contributed by atoms with van der Waals surface area (Å²) in [6, 6.07) is 15.0. The molecule has 0 saturated heterocycles. The smallest absolute Gasteiger partial charge is 0.417 e. The SMILES string of the molecule is Cc1ccccc1-c1ccc(-c2nc(-c3ccc(CN(C)C(C)(C)C(=O)OC(C)(C)C)c(F)c3)no2)cc1C(F)(F)F. The van der Waals surface area contributed by atoms with Gasteiger partial charge in [0.25, 0.3) is 5.89 Å². The number of carbonyl (C=O) groups excluding carboxylic acids is 1. The Hall–Kier alpha value is -4.05. The van der Waals surface area contributed by atoms with Gasteiger partial charge in [-0.25, -0.2) is 4.39 Å². The number of hydrogen-bond acceptors (Lipinski definition) is 6. The van der Waals surface area contributed by atoms with Crippen LogP contribution in [0.2, 0.25) is 0 Å². The van der Waals surface area contributed by atoms with Crippen molar-refractivity contribution in [1.82, 2.24) is 15.0 Å². The molecule has 0 aliphatic carbocycles. The molecule has 0 amide bonds. The van der Waals surface area contributed by atoms with E-state index < -0.39 is 34.7 Å². The summed E-state index contributed by atoms with van der Waals surface area (Å²) in [6.07, 6.45) is -4.62. The molecule has 0 unspecified atom stereocenters. The molecular weight excluding hydrogens is 550 g/mol. The van der Waals surface area contributed by atoms with Gasteiger partial charge in [-0.3, -0.25) is 9.69 Å². The summed E-state index contributed by atoms with van der Waals surface area (Å²) in [6.45, 7) is 10.6. The Morgan fingerprint density at radius 2 is 1.60 bits per heavy atom. The molecule has 4 aromatic rings. The highest BCUT2D eigenvalue weighted by atomic mass is 19.4. The van der Waals surface area contributed by atoms with E-state index in [0.717, 1.165) is 6.07 Å². The number of halogens is 4. The van der Waals surface area contributed by atoms with Crippen LogP contribution < -0.4 is 0 Å². The van der Waals surface area contributed by atoms with Crippen molar-refractivity contribution in [3.63, 3.8) is 0 Å². The monoisotopic (exact) mass is 583 g/mol. The van der Waals surface area contributed by atoms with Gasteiger partial charge < -0.3 is 9.26 Å². The minimum Gasteiger partial charge on any atom is -0.459 e. The fraction of sp³-hybridized carbons (Fsp3) is 0.344. The molecule has 0 aliphatic heterocycles. The van der Waals surface area contributed by atoms with E-state index in [4.69, 9.17) is 9.26 Å². The van der Waals surface area contributed by atoms with E-state index in [1.165, 1.54) is 18.2 Å². The Bertz CT molecular complexity index is 1600. The molecule has 42 heavy (non-hydrogen) atoms. The lowest BCUT2D eigenvalue weighted by Gasteiger charge is -2.35. The fourth-order valence-electron chi connectivity index (χ4n) is 4.31. The number of rotatable bonds is 7. The summed E-state index contributed by atoms with van der Waals surface area (Å²) in [5.74, 6) is -1.10. The van der Waals surface area contributed by atoms with Crippen molar-refractivity contribution >= 4 is 5.97 Å². The van der Waals surface area contributed by atoms with Crippen molar-refractivity contribution in [2.75, 3.05) is 7.05 Å². The highest BCUT2D eigenvalue weighted by Crippen LogP contribution is 2.40. The zero-order valence-electron chi connectivity index (χ0n) is 24.6. The molecule has 1 heterocycles. The van der Waals surface area contributed by atoms with Crippen molar-refractivity contribution in [2.45, 2.75) is 65.4 Å². The first-order chi connectivity index (χ1) is 19.5. The van der Waals surface area contributed by atoms with Crippen LogP contribution in [0.15, 0.2) is 65.2 Å². The van der Waals surface area contributed by atoms with Crippen LogP contribution in [0.4, 0.5) is 17.6 Å². The first-order valence-electron chi connectivity index (χ1n) is 13.3. The average molecular weight is 584 g/mol. The number of ether oxygens (including phenoxy) is 1. The first-order valence-corrected chi connectivity index (χ1v) is 13.3. The number of nitrogens with zero attached hydrogens (tertiary/aromatic N) is 3. The molecule has 0 N–H and O–H groups in total. The molecule has 0 spiro atoms. The summed E-state index contributed by atoms with van der Waals surface area (Å²) in [7, 11) is 1.70. The molecule has 10 heteroatoms. The van der Waals surface area contributed by atoms with Gasteiger partial charge in [0.05, 0.1) is 5.56 Å². The van der Waals surface area contributed by atoms with Crippen molar-refractivity contribution in [2.24, 2.45) is 0 Å². The summed E-state index contributed by atoms with van der Waals surface area (Å²) < 4.78 is 68.1. The van der Waals surface area contributed by atoms with Gasteiger partial charge in [-0.2, -0.15) is 18.2 Å². The molecule has 222 valence electrons. The lowest BCUT2D eigenvalue weighted by molar-refractivity contribution is -0.167. The molecular formula is C32H33F4N3O3. The van der Waals surface area contributed by atoms with Crippen molar-refractivity contribution < 1.29 is 31.6 Å². The topological polar surface area (TPSA) is 68.5 Å². The Balaban J connectivity index is 1.58. The van der Waals surface area contributed by atoms with Crippen LogP contribution in [-0.2, 0) is 22.3 Å². The van der Waals surface area contributed by atoms with Crippen LogP contribution in [0, 0.1) is 12.7 Å². The molecule has 1 aromatic heterocycles. The van der Waals surface area contributed by atoms with Gasteiger partial charge in [-0.15, -0.1) is 0 Å². The largest absolute Gasteiger partial charge is 0.459 e. The number of aryl methyl sites for hydroxylation is 1. The highest BCUT2D eigenvalue weighted by molar-refractivity contribution is 5.80. The zero-order valence-corrected chi connectivity index (χ0v) is 24.6. The summed E-state index contributed by atoms with van der Waals surface area (Å²) in [4.78, 5) is 18.6. The maximum atomic E-state index is 15.2. The molecule has 0 radical (unpaired) electrons. The number of carbonyl (C=O) groups is 1. The number of hydrogen-bond donors (Lipinski definition) is 0. The maximum absolute atomic E-state index is 15.2. The van der Waals surface area contributed by atoms with Gasteiger partial charge >= 0.3 is 12.1 Å². The number of benzene rings is 3. The van der Waals surface area contributed by atoms with Crippen molar-refractivity contribution in [1.29, 1.82) is 0 Å². The highest BCUT2D eigenvalue weighted by Gasteiger charge is 2.37.